The molecule has 2 unspecified atom stereocenters. The molecule has 0 radical (unpaired) electrons. The average Bonchev–Trinajstić information content (AvgIpc) is 2.76. The van der Waals surface area contributed by atoms with Crippen LogP contribution in [0, 0.1) is 4.91 Å². The fraction of sp³-hybridized carbons (Fsp3) is 0.435. The zero-order chi connectivity index (χ0) is 22.9. The lowest BCUT2D eigenvalue weighted by atomic mass is 9.78. The molecule has 1 N–H and O–H groups in total. The van der Waals surface area contributed by atoms with Gasteiger partial charge in [0, 0.05) is 12.3 Å². The molecule has 0 aliphatic rings. The van der Waals surface area contributed by atoms with Crippen LogP contribution in [0.5, 0.6) is 11.5 Å². The van der Waals surface area contributed by atoms with Crippen LogP contribution in [-0.2, 0) is 14.9 Å². The van der Waals surface area contributed by atoms with Gasteiger partial charge in [-0.15, -0.1) is 11.6 Å². The number of hydrogen-bond donors (Lipinski definition) is 1. The molecule has 31 heavy (non-hydrogen) atoms. The van der Waals surface area contributed by atoms with Crippen LogP contribution in [0.1, 0.15) is 31.9 Å². The first-order valence-electron chi connectivity index (χ1n) is 9.93. The lowest BCUT2D eigenvalue weighted by Crippen LogP contribution is -2.26. The summed E-state index contributed by atoms with van der Waals surface area (Å²) in [6.45, 7) is 5.54. The highest BCUT2D eigenvalue weighted by Crippen LogP contribution is 2.33. The van der Waals surface area contributed by atoms with Gasteiger partial charge in [-0.3, -0.25) is 4.79 Å². The van der Waals surface area contributed by atoms with Crippen molar-refractivity contribution in [2.24, 2.45) is 5.18 Å². The highest BCUT2D eigenvalue weighted by Gasteiger charge is 2.23. The Hall–Kier alpha value is -2.64. The number of rotatable bonds is 12. The third-order valence-electron chi connectivity index (χ3n) is 4.82. The quantitative estimate of drug-likeness (QED) is 0.298. The molecule has 0 bridgehead atoms. The summed E-state index contributed by atoms with van der Waals surface area (Å²) < 4.78 is 16.2. The molecule has 0 aliphatic carbocycles. The largest absolute Gasteiger partial charge is 0.491 e. The minimum Gasteiger partial charge on any atom is -0.491 e. The lowest BCUT2D eigenvalue weighted by molar-refractivity contribution is -0.147. The number of halogens is 1. The molecular weight excluding hydrogens is 422 g/mol. The van der Waals surface area contributed by atoms with E-state index in [-0.39, 0.29) is 31.1 Å². The van der Waals surface area contributed by atoms with Crippen LogP contribution in [-0.4, -0.2) is 48.9 Å². The molecule has 2 aromatic carbocycles. The Balaban J connectivity index is 2.01. The second kappa shape index (κ2) is 11.7. The van der Waals surface area contributed by atoms with E-state index in [1.54, 1.807) is 0 Å². The van der Waals surface area contributed by atoms with Crippen LogP contribution in [0.15, 0.2) is 53.7 Å². The lowest BCUT2D eigenvalue weighted by Gasteiger charge is -2.26. The van der Waals surface area contributed by atoms with Crippen molar-refractivity contribution in [1.29, 1.82) is 0 Å². The number of carbonyl (C=O) groups excluding carboxylic acids is 1. The van der Waals surface area contributed by atoms with Crippen LogP contribution < -0.4 is 9.47 Å². The number of nitrogens with zero attached hydrogens (tertiary/aromatic N) is 1. The maximum atomic E-state index is 11.1. The molecule has 0 fully saturated rings. The summed E-state index contributed by atoms with van der Waals surface area (Å²) in [7, 11) is 0. The molecule has 7 nitrogen and oxygen atoms in total. The van der Waals surface area contributed by atoms with Crippen LogP contribution in [0.25, 0.3) is 0 Å². The van der Waals surface area contributed by atoms with Crippen molar-refractivity contribution in [3.05, 3.63) is 64.6 Å². The standard InChI is InChI=1S/C23H28ClNO6/c1-16(26)31-22(13-25-28)15-30-21-10-6-18(7-11-21)23(2,3)17-4-8-20(9-5-17)29-14-19(27)12-24/h4-11,19,22,27H,12-15H2,1-3H3. The van der Waals surface area contributed by atoms with Crippen molar-refractivity contribution >= 4 is 17.6 Å². The van der Waals surface area contributed by atoms with E-state index in [9.17, 15) is 14.8 Å². The van der Waals surface area contributed by atoms with Gasteiger partial charge in [0.2, 0.25) is 0 Å². The fourth-order valence-electron chi connectivity index (χ4n) is 2.97. The van der Waals surface area contributed by atoms with Gasteiger partial charge in [-0.2, -0.15) is 4.91 Å². The van der Waals surface area contributed by atoms with Crippen molar-refractivity contribution < 1.29 is 24.1 Å². The number of hydrogen-bond acceptors (Lipinski definition) is 7. The van der Waals surface area contributed by atoms with Crippen LogP contribution in [0.2, 0.25) is 0 Å². The molecule has 2 atom stereocenters. The van der Waals surface area contributed by atoms with Gasteiger partial charge in [-0.05, 0) is 35.4 Å². The highest BCUT2D eigenvalue weighted by molar-refractivity contribution is 6.18. The second-order valence-electron chi connectivity index (χ2n) is 7.65. The van der Waals surface area contributed by atoms with Crippen molar-refractivity contribution in [2.45, 2.75) is 38.4 Å². The number of carbonyl (C=O) groups is 1. The normalized spacial score (nSPS) is 13.2. The van der Waals surface area contributed by atoms with Crippen molar-refractivity contribution in [3.8, 4) is 11.5 Å². The number of nitroso groups, excluding NO2 is 1. The SMILES string of the molecule is CC(=O)OC(CN=O)COc1ccc(C(C)(C)c2ccc(OCC(O)CCl)cc2)cc1. The minimum atomic E-state index is -0.711. The molecule has 0 heterocycles. The van der Waals surface area contributed by atoms with Gasteiger partial charge in [-0.1, -0.05) is 43.3 Å². The zero-order valence-corrected chi connectivity index (χ0v) is 18.7. The Bertz CT molecular complexity index is 838. The highest BCUT2D eigenvalue weighted by atomic mass is 35.5. The number of esters is 1. The topological polar surface area (TPSA) is 94.4 Å². The first kappa shape index (κ1) is 24.6. The third-order valence-corrected chi connectivity index (χ3v) is 5.18. The first-order valence-corrected chi connectivity index (χ1v) is 10.5. The monoisotopic (exact) mass is 449 g/mol. The maximum absolute atomic E-state index is 11.1. The molecule has 0 saturated carbocycles. The van der Waals surface area contributed by atoms with Crippen LogP contribution in [0.4, 0.5) is 0 Å². The van der Waals surface area contributed by atoms with E-state index in [2.05, 4.69) is 19.0 Å². The summed E-state index contributed by atoms with van der Waals surface area (Å²) in [6, 6.07) is 15.3. The van der Waals surface area contributed by atoms with Gasteiger partial charge in [0.25, 0.3) is 0 Å². The predicted molar refractivity (Wildman–Crippen MR) is 119 cm³/mol. The Morgan fingerprint density at radius 1 is 1.00 bits per heavy atom. The van der Waals surface area contributed by atoms with E-state index in [1.807, 2.05) is 48.5 Å². The number of benzene rings is 2. The summed E-state index contributed by atoms with van der Waals surface area (Å²) in [4.78, 5) is 21.6. The number of alkyl halides is 1. The molecule has 8 heteroatoms. The summed E-state index contributed by atoms with van der Waals surface area (Å²) in [5.74, 6) is 0.910. The predicted octanol–water partition coefficient (Wildman–Crippen LogP) is 4.07. The minimum absolute atomic E-state index is 0.0495. The number of ether oxygens (including phenoxy) is 3. The van der Waals surface area contributed by atoms with Gasteiger partial charge >= 0.3 is 5.97 Å². The molecule has 0 amide bonds. The van der Waals surface area contributed by atoms with E-state index in [0.717, 1.165) is 11.1 Å². The summed E-state index contributed by atoms with van der Waals surface area (Å²) >= 11 is 5.58. The van der Waals surface area contributed by atoms with E-state index < -0.39 is 18.2 Å². The second-order valence-corrected chi connectivity index (χ2v) is 7.96. The van der Waals surface area contributed by atoms with Gasteiger partial charge < -0.3 is 19.3 Å². The van der Waals surface area contributed by atoms with Gasteiger partial charge in [-0.25, -0.2) is 0 Å². The Kier molecular flexibility index (Phi) is 9.27. The van der Waals surface area contributed by atoms with E-state index in [0.29, 0.717) is 11.5 Å². The maximum Gasteiger partial charge on any atom is 0.303 e. The van der Waals surface area contributed by atoms with Gasteiger partial charge in [0.05, 0.1) is 5.88 Å². The van der Waals surface area contributed by atoms with Gasteiger partial charge in [0.15, 0.2) is 6.10 Å². The van der Waals surface area contributed by atoms with E-state index in [4.69, 9.17) is 25.8 Å². The Morgan fingerprint density at radius 2 is 1.48 bits per heavy atom. The third kappa shape index (κ3) is 7.52. The van der Waals surface area contributed by atoms with E-state index in [1.165, 1.54) is 6.92 Å². The van der Waals surface area contributed by atoms with Crippen molar-refractivity contribution in [2.75, 3.05) is 25.6 Å². The smallest absolute Gasteiger partial charge is 0.303 e. The molecule has 168 valence electrons. The van der Waals surface area contributed by atoms with Crippen molar-refractivity contribution in [3.63, 3.8) is 0 Å². The molecule has 0 saturated heterocycles. The van der Waals surface area contributed by atoms with Crippen molar-refractivity contribution in [1.82, 2.24) is 0 Å². The molecule has 0 aromatic heterocycles. The van der Waals surface area contributed by atoms with Gasteiger partial charge in [0.1, 0.15) is 37.4 Å². The van der Waals surface area contributed by atoms with Crippen LogP contribution >= 0.6 is 11.6 Å². The Morgan fingerprint density at radius 3 is 1.90 bits per heavy atom. The molecule has 2 rings (SSSR count). The molecule has 0 spiro atoms. The molecule has 0 aliphatic heterocycles. The van der Waals surface area contributed by atoms with E-state index >= 15 is 0 Å². The average molecular weight is 450 g/mol. The number of aliphatic hydroxyl groups excluding tert-OH is 1. The van der Waals surface area contributed by atoms with Crippen LogP contribution in [0.3, 0.4) is 0 Å². The fourth-order valence-corrected chi connectivity index (χ4v) is 3.06. The summed E-state index contributed by atoms with van der Waals surface area (Å²) in [5.41, 5.74) is 1.91. The summed E-state index contributed by atoms with van der Waals surface area (Å²) in [5, 5.41) is 12.3. The summed E-state index contributed by atoms with van der Waals surface area (Å²) in [6.07, 6.45) is -1.41. The molecule has 2 aromatic rings. The molecular formula is C23H28ClNO6. The zero-order valence-electron chi connectivity index (χ0n) is 17.9. The first-order chi connectivity index (χ1) is 14.8. The number of aliphatic hydroxyl groups is 1. The Labute approximate surface area is 187 Å².